The SMILES string of the molecule is COC(=O)C1(CO)CC(=O)N1OC. The van der Waals surface area contributed by atoms with Crippen LogP contribution in [0, 0.1) is 0 Å². The second kappa shape index (κ2) is 3.31. The van der Waals surface area contributed by atoms with E-state index in [4.69, 9.17) is 5.11 Å². The van der Waals surface area contributed by atoms with Crippen LogP contribution in [0.4, 0.5) is 0 Å². The van der Waals surface area contributed by atoms with Crippen LogP contribution in [-0.2, 0) is 19.2 Å². The van der Waals surface area contributed by atoms with Crippen molar-refractivity contribution in [2.45, 2.75) is 12.0 Å². The van der Waals surface area contributed by atoms with Crippen LogP contribution < -0.4 is 0 Å². The van der Waals surface area contributed by atoms with Gasteiger partial charge in [0.05, 0.1) is 27.2 Å². The maximum Gasteiger partial charge on any atom is 0.337 e. The molecule has 0 saturated carbocycles. The van der Waals surface area contributed by atoms with Crippen molar-refractivity contribution in [2.75, 3.05) is 20.8 Å². The summed E-state index contributed by atoms with van der Waals surface area (Å²) in [5, 5.41) is 9.81. The van der Waals surface area contributed by atoms with Gasteiger partial charge in [-0.1, -0.05) is 0 Å². The van der Waals surface area contributed by atoms with Crippen molar-refractivity contribution in [2.24, 2.45) is 0 Å². The third-order valence-electron chi connectivity index (χ3n) is 2.07. The van der Waals surface area contributed by atoms with Crippen LogP contribution in [0.2, 0.25) is 0 Å². The molecule has 6 heteroatoms. The largest absolute Gasteiger partial charge is 0.467 e. The van der Waals surface area contributed by atoms with E-state index in [9.17, 15) is 9.59 Å². The zero-order valence-electron chi connectivity index (χ0n) is 7.44. The molecule has 1 fully saturated rings. The number of aliphatic hydroxyl groups excluding tert-OH is 1. The van der Waals surface area contributed by atoms with Crippen molar-refractivity contribution < 1.29 is 24.3 Å². The molecule has 1 saturated heterocycles. The van der Waals surface area contributed by atoms with Gasteiger partial charge in [-0.2, -0.15) is 0 Å². The van der Waals surface area contributed by atoms with Crippen molar-refractivity contribution in [3.05, 3.63) is 0 Å². The van der Waals surface area contributed by atoms with Gasteiger partial charge < -0.3 is 9.84 Å². The summed E-state index contributed by atoms with van der Waals surface area (Å²) < 4.78 is 4.46. The zero-order chi connectivity index (χ0) is 10.1. The molecule has 6 nitrogen and oxygen atoms in total. The number of aliphatic hydroxyl groups is 1. The van der Waals surface area contributed by atoms with Crippen LogP contribution >= 0.6 is 0 Å². The van der Waals surface area contributed by atoms with E-state index in [2.05, 4.69) is 9.57 Å². The number of β-lactam (4-membered cyclic amide) rings is 1. The van der Waals surface area contributed by atoms with E-state index < -0.39 is 18.1 Å². The summed E-state index contributed by atoms with van der Waals surface area (Å²) in [4.78, 5) is 26.8. The van der Waals surface area contributed by atoms with Crippen molar-refractivity contribution in [1.82, 2.24) is 5.06 Å². The van der Waals surface area contributed by atoms with Gasteiger partial charge in [-0.05, 0) is 0 Å². The van der Waals surface area contributed by atoms with Crippen molar-refractivity contribution in [1.29, 1.82) is 0 Å². The smallest absolute Gasteiger partial charge is 0.337 e. The Hall–Kier alpha value is -1.14. The van der Waals surface area contributed by atoms with Gasteiger partial charge in [0.1, 0.15) is 0 Å². The molecule has 1 unspecified atom stereocenters. The number of esters is 1. The molecule has 13 heavy (non-hydrogen) atoms. The van der Waals surface area contributed by atoms with E-state index in [1.165, 1.54) is 14.2 Å². The third-order valence-corrected chi connectivity index (χ3v) is 2.07. The fraction of sp³-hybridized carbons (Fsp3) is 0.714. The van der Waals surface area contributed by atoms with Crippen LogP contribution in [0.15, 0.2) is 0 Å². The molecule has 1 rings (SSSR count). The van der Waals surface area contributed by atoms with Crippen LogP contribution in [-0.4, -0.2) is 48.4 Å². The molecule has 1 atom stereocenters. The van der Waals surface area contributed by atoms with Crippen molar-refractivity contribution in [3.63, 3.8) is 0 Å². The first kappa shape index (κ1) is 9.94. The lowest BCUT2D eigenvalue weighted by Gasteiger charge is -2.45. The Morgan fingerprint density at radius 1 is 1.69 bits per heavy atom. The highest BCUT2D eigenvalue weighted by Crippen LogP contribution is 2.32. The minimum atomic E-state index is -1.33. The Bertz CT molecular complexity index is 241. The number of hydrogen-bond donors (Lipinski definition) is 1. The summed E-state index contributed by atoms with van der Waals surface area (Å²) in [5.41, 5.74) is -1.33. The topological polar surface area (TPSA) is 76.1 Å². The van der Waals surface area contributed by atoms with Crippen LogP contribution in [0.3, 0.4) is 0 Å². The summed E-state index contributed by atoms with van der Waals surface area (Å²) in [6, 6.07) is 0. The second-order valence-corrected chi connectivity index (χ2v) is 2.73. The van der Waals surface area contributed by atoms with Crippen LogP contribution in [0.25, 0.3) is 0 Å². The lowest BCUT2D eigenvalue weighted by Crippen LogP contribution is -2.69. The first-order valence-electron chi connectivity index (χ1n) is 3.69. The molecule has 0 aromatic carbocycles. The maximum atomic E-state index is 11.2. The van der Waals surface area contributed by atoms with Crippen molar-refractivity contribution in [3.8, 4) is 0 Å². The predicted octanol–water partition coefficient (Wildman–Crippen LogP) is -1.32. The number of hydroxylamine groups is 2. The van der Waals surface area contributed by atoms with Gasteiger partial charge in [0.15, 0.2) is 5.54 Å². The molecule has 0 aromatic heterocycles. The Kier molecular flexibility index (Phi) is 2.53. The molecule has 0 spiro atoms. The molecular weight excluding hydrogens is 178 g/mol. The van der Waals surface area contributed by atoms with Gasteiger partial charge in [-0.15, -0.1) is 0 Å². The van der Waals surface area contributed by atoms with Gasteiger partial charge in [-0.25, -0.2) is 9.86 Å². The van der Waals surface area contributed by atoms with Gasteiger partial charge in [0.25, 0.3) is 0 Å². The molecule has 1 amide bonds. The zero-order valence-corrected chi connectivity index (χ0v) is 7.44. The number of amides is 1. The number of carbonyl (C=O) groups excluding carboxylic acids is 2. The fourth-order valence-corrected chi connectivity index (χ4v) is 1.35. The number of hydrogen-bond acceptors (Lipinski definition) is 5. The molecule has 0 bridgehead atoms. The summed E-state index contributed by atoms with van der Waals surface area (Å²) in [6.45, 7) is -0.501. The van der Waals surface area contributed by atoms with E-state index >= 15 is 0 Å². The number of nitrogens with zero attached hydrogens (tertiary/aromatic N) is 1. The Labute approximate surface area is 75.0 Å². The highest BCUT2D eigenvalue weighted by molar-refractivity contribution is 5.98. The monoisotopic (exact) mass is 189 g/mol. The highest BCUT2D eigenvalue weighted by Gasteiger charge is 2.58. The minimum Gasteiger partial charge on any atom is -0.467 e. The van der Waals surface area contributed by atoms with Crippen molar-refractivity contribution >= 4 is 11.9 Å². The first-order chi connectivity index (χ1) is 6.12. The van der Waals surface area contributed by atoms with Gasteiger partial charge in [0, 0.05) is 0 Å². The van der Waals surface area contributed by atoms with Gasteiger partial charge >= 0.3 is 5.97 Å². The molecule has 1 heterocycles. The summed E-state index contributed by atoms with van der Waals surface area (Å²) in [5.74, 6) is -1.02. The minimum absolute atomic E-state index is 0.0794. The lowest BCUT2D eigenvalue weighted by molar-refractivity contribution is -0.254. The van der Waals surface area contributed by atoms with E-state index in [0.717, 1.165) is 5.06 Å². The fourth-order valence-electron chi connectivity index (χ4n) is 1.35. The molecule has 0 aliphatic carbocycles. The summed E-state index contributed by atoms with van der Waals surface area (Å²) in [6.07, 6.45) is -0.0794. The highest BCUT2D eigenvalue weighted by atomic mass is 16.7. The van der Waals surface area contributed by atoms with E-state index in [1.54, 1.807) is 0 Å². The number of ether oxygens (including phenoxy) is 1. The van der Waals surface area contributed by atoms with E-state index in [-0.39, 0.29) is 12.3 Å². The van der Waals surface area contributed by atoms with Gasteiger partial charge in [0.2, 0.25) is 5.91 Å². The van der Waals surface area contributed by atoms with Gasteiger partial charge in [-0.3, -0.25) is 9.63 Å². The molecule has 1 aliphatic rings. The van der Waals surface area contributed by atoms with E-state index in [1.807, 2.05) is 0 Å². The average Bonchev–Trinajstić information content (AvgIpc) is 2.13. The normalized spacial score (nSPS) is 27.0. The van der Waals surface area contributed by atoms with Crippen LogP contribution in [0.5, 0.6) is 0 Å². The number of carbonyl (C=O) groups is 2. The Balaban J connectivity index is 2.84. The molecule has 0 radical (unpaired) electrons. The quantitative estimate of drug-likeness (QED) is 0.440. The Morgan fingerprint density at radius 2 is 2.31 bits per heavy atom. The molecule has 1 aliphatic heterocycles. The first-order valence-corrected chi connectivity index (χ1v) is 3.69. The molecule has 74 valence electrons. The molecular formula is C7H11NO5. The second-order valence-electron chi connectivity index (χ2n) is 2.73. The third kappa shape index (κ3) is 1.18. The summed E-state index contributed by atoms with van der Waals surface area (Å²) >= 11 is 0. The summed E-state index contributed by atoms with van der Waals surface area (Å²) in [7, 11) is 2.45. The Morgan fingerprint density at radius 3 is 2.62 bits per heavy atom. The number of rotatable bonds is 3. The molecule has 0 aromatic rings. The maximum absolute atomic E-state index is 11.2. The van der Waals surface area contributed by atoms with E-state index in [0.29, 0.717) is 0 Å². The number of methoxy groups -OCH3 is 1. The average molecular weight is 189 g/mol. The molecule has 1 N–H and O–H groups in total. The lowest BCUT2D eigenvalue weighted by atomic mass is 9.87. The van der Waals surface area contributed by atoms with Crippen LogP contribution in [0.1, 0.15) is 6.42 Å². The predicted molar refractivity (Wildman–Crippen MR) is 40.3 cm³/mol. The standard InChI is InChI=1S/C7H11NO5/c1-12-6(11)7(4-9)3-5(10)8(7)13-2/h9H,3-4H2,1-2H3.